The largest absolute Gasteiger partial charge is 0.323 e. The van der Waals surface area contributed by atoms with E-state index in [0.29, 0.717) is 5.75 Å². The van der Waals surface area contributed by atoms with E-state index in [1.807, 2.05) is 30.3 Å². The predicted octanol–water partition coefficient (Wildman–Crippen LogP) is 1.06. The summed E-state index contributed by atoms with van der Waals surface area (Å²) in [5.74, 6) is 0.532. The molecule has 0 amide bonds. The lowest BCUT2D eigenvalue weighted by atomic mass is 10.1. The maximum absolute atomic E-state index is 10.9. The first kappa shape index (κ1) is 9.42. The summed E-state index contributed by atoms with van der Waals surface area (Å²) < 4.78 is 10.9. The lowest BCUT2D eigenvalue weighted by Crippen LogP contribution is -2.17. The smallest absolute Gasteiger partial charge is 0.0425 e. The standard InChI is InChI=1S/C9H13NOS/c1-12(11)7-9(10)8-5-3-2-4-6-8/h2-6,9H,7,10H2,1H3/t9-,12-/m0/s1. The number of hydrogen-bond acceptors (Lipinski definition) is 2. The van der Waals surface area contributed by atoms with Gasteiger partial charge in [0.15, 0.2) is 0 Å². The molecule has 0 aliphatic rings. The van der Waals surface area contributed by atoms with Crippen LogP contribution in [0.4, 0.5) is 0 Å². The summed E-state index contributed by atoms with van der Waals surface area (Å²) in [6.45, 7) is 0. The van der Waals surface area contributed by atoms with E-state index in [4.69, 9.17) is 5.73 Å². The Balaban J connectivity index is 2.65. The Kier molecular flexibility index (Phi) is 3.44. The van der Waals surface area contributed by atoms with Crippen LogP contribution < -0.4 is 5.73 Å². The molecule has 0 unspecified atom stereocenters. The van der Waals surface area contributed by atoms with Crippen LogP contribution in [-0.4, -0.2) is 16.2 Å². The van der Waals surface area contributed by atoms with E-state index in [1.165, 1.54) is 0 Å². The van der Waals surface area contributed by atoms with Crippen molar-refractivity contribution in [2.45, 2.75) is 6.04 Å². The molecule has 0 spiro atoms. The molecular weight excluding hydrogens is 170 g/mol. The lowest BCUT2D eigenvalue weighted by Gasteiger charge is -2.08. The molecule has 2 N–H and O–H groups in total. The second-order valence-electron chi connectivity index (χ2n) is 2.76. The summed E-state index contributed by atoms with van der Waals surface area (Å²) in [7, 11) is -0.821. The third-order valence-electron chi connectivity index (χ3n) is 1.64. The quantitative estimate of drug-likeness (QED) is 0.761. The minimum atomic E-state index is -0.821. The molecule has 12 heavy (non-hydrogen) atoms. The highest BCUT2D eigenvalue weighted by Crippen LogP contribution is 2.09. The van der Waals surface area contributed by atoms with Gasteiger partial charge in [0, 0.05) is 28.9 Å². The maximum Gasteiger partial charge on any atom is 0.0425 e. The minimum Gasteiger partial charge on any atom is -0.323 e. The van der Waals surface area contributed by atoms with E-state index < -0.39 is 10.8 Å². The zero-order valence-electron chi connectivity index (χ0n) is 7.07. The molecule has 2 nitrogen and oxygen atoms in total. The van der Waals surface area contributed by atoms with Crippen molar-refractivity contribution >= 4 is 10.8 Å². The molecule has 1 rings (SSSR count). The van der Waals surface area contributed by atoms with Gasteiger partial charge in [-0.3, -0.25) is 4.21 Å². The summed E-state index contributed by atoms with van der Waals surface area (Å²) >= 11 is 0. The Bertz CT molecular complexity index is 260. The number of benzene rings is 1. The zero-order chi connectivity index (χ0) is 8.97. The number of hydrogen-bond donors (Lipinski definition) is 1. The number of nitrogens with two attached hydrogens (primary N) is 1. The molecule has 0 aliphatic heterocycles. The van der Waals surface area contributed by atoms with Crippen molar-refractivity contribution in [1.29, 1.82) is 0 Å². The molecule has 0 fully saturated rings. The van der Waals surface area contributed by atoms with Gasteiger partial charge in [0.05, 0.1) is 0 Å². The van der Waals surface area contributed by atoms with Crippen LogP contribution in [0.25, 0.3) is 0 Å². The summed E-state index contributed by atoms with van der Waals surface area (Å²) in [4.78, 5) is 0. The molecule has 0 saturated heterocycles. The predicted molar refractivity (Wildman–Crippen MR) is 52.3 cm³/mol. The molecule has 0 heterocycles. The van der Waals surface area contributed by atoms with Crippen LogP contribution in [-0.2, 0) is 10.8 Å². The summed E-state index contributed by atoms with van der Waals surface area (Å²) in [6, 6.07) is 9.63. The van der Waals surface area contributed by atoms with Crippen molar-refractivity contribution in [3.63, 3.8) is 0 Å². The SMILES string of the molecule is C[S@](=O)C[C@H](N)c1ccccc1. The molecule has 0 saturated carbocycles. The Morgan fingerprint density at radius 1 is 1.42 bits per heavy atom. The van der Waals surface area contributed by atoms with E-state index in [0.717, 1.165) is 5.56 Å². The van der Waals surface area contributed by atoms with Crippen LogP contribution in [0.15, 0.2) is 30.3 Å². The van der Waals surface area contributed by atoms with Gasteiger partial charge in [-0.25, -0.2) is 0 Å². The number of rotatable bonds is 3. The highest BCUT2D eigenvalue weighted by atomic mass is 32.2. The van der Waals surface area contributed by atoms with Gasteiger partial charge < -0.3 is 5.73 Å². The van der Waals surface area contributed by atoms with Gasteiger partial charge in [0.25, 0.3) is 0 Å². The Morgan fingerprint density at radius 3 is 2.50 bits per heavy atom. The molecular formula is C9H13NOS. The van der Waals surface area contributed by atoms with Gasteiger partial charge in [-0.15, -0.1) is 0 Å². The van der Waals surface area contributed by atoms with E-state index in [-0.39, 0.29) is 6.04 Å². The fourth-order valence-electron chi connectivity index (χ4n) is 1.05. The molecule has 0 aliphatic carbocycles. The second kappa shape index (κ2) is 4.38. The van der Waals surface area contributed by atoms with Crippen molar-refractivity contribution in [2.75, 3.05) is 12.0 Å². The van der Waals surface area contributed by atoms with Crippen molar-refractivity contribution in [2.24, 2.45) is 5.73 Å². The fourth-order valence-corrected chi connectivity index (χ4v) is 1.75. The topological polar surface area (TPSA) is 43.1 Å². The van der Waals surface area contributed by atoms with Gasteiger partial charge in [0.1, 0.15) is 0 Å². The first-order valence-corrected chi connectivity index (χ1v) is 5.53. The minimum absolute atomic E-state index is 0.1000. The second-order valence-corrected chi connectivity index (χ2v) is 4.24. The molecule has 3 heteroatoms. The van der Waals surface area contributed by atoms with Crippen LogP contribution in [0.5, 0.6) is 0 Å². The van der Waals surface area contributed by atoms with E-state index in [9.17, 15) is 4.21 Å². The van der Waals surface area contributed by atoms with Gasteiger partial charge in [0.2, 0.25) is 0 Å². The molecule has 2 atom stereocenters. The van der Waals surface area contributed by atoms with Crippen molar-refractivity contribution < 1.29 is 4.21 Å². The zero-order valence-corrected chi connectivity index (χ0v) is 7.88. The van der Waals surface area contributed by atoms with Crippen molar-refractivity contribution in [1.82, 2.24) is 0 Å². The van der Waals surface area contributed by atoms with Gasteiger partial charge in [-0.2, -0.15) is 0 Å². The molecule has 0 aromatic heterocycles. The monoisotopic (exact) mass is 183 g/mol. The van der Waals surface area contributed by atoms with Crippen molar-refractivity contribution in [3.8, 4) is 0 Å². The van der Waals surface area contributed by atoms with Crippen LogP contribution in [0, 0.1) is 0 Å². The highest BCUT2D eigenvalue weighted by Gasteiger charge is 2.05. The molecule has 1 aromatic carbocycles. The summed E-state index contributed by atoms with van der Waals surface area (Å²) in [5, 5.41) is 0. The molecule has 66 valence electrons. The van der Waals surface area contributed by atoms with Crippen LogP contribution in [0.1, 0.15) is 11.6 Å². The highest BCUT2D eigenvalue weighted by molar-refractivity contribution is 7.84. The molecule has 0 bridgehead atoms. The average molecular weight is 183 g/mol. The van der Waals surface area contributed by atoms with Gasteiger partial charge in [-0.1, -0.05) is 30.3 Å². The summed E-state index contributed by atoms with van der Waals surface area (Å²) in [6.07, 6.45) is 1.67. The van der Waals surface area contributed by atoms with Crippen LogP contribution in [0.2, 0.25) is 0 Å². The first-order chi connectivity index (χ1) is 5.70. The summed E-state index contributed by atoms with van der Waals surface area (Å²) in [5.41, 5.74) is 6.85. The van der Waals surface area contributed by atoms with Gasteiger partial charge in [-0.05, 0) is 5.56 Å². The van der Waals surface area contributed by atoms with Gasteiger partial charge >= 0.3 is 0 Å². The molecule has 0 radical (unpaired) electrons. The Hall–Kier alpha value is -0.670. The fraction of sp³-hybridized carbons (Fsp3) is 0.333. The van der Waals surface area contributed by atoms with E-state index in [2.05, 4.69) is 0 Å². The molecule has 1 aromatic rings. The van der Waals surface area contributed by atoms with Crippen molar-refractivity contribution in [3.05, 3.63) is 35.9 Å². The Labute approximate surface area is 75.2 Å². The normalized spacial score (nSPS) is 15.5. The first-order valence-electron chi connectivity index (χ1n) is 3.80. The third kappa shape index (κ3) is 2.75. The van der Waals surface area contributed by atoms with E-state index in [1.54, 1.807) is 6.26 Å². The van der Waals surface area contributed by atoms with E-state index >= 15 is 0 Å². The third-order valence-corrected chi connectivity index (χ3v) is 2.47. The maximum atomic E-state index is 10.9. The average Bonchev–Trinajstić information content (AvgIpc) is 2.05. The van der Waals surface area contributed by atoms with Crippen LogP contribution >= 0.6 is 0 Å². The van der Waals surface area contributed by atoms with Crippen LogP contribution in [0.3, 0.4) is 0 Å². The lowest BCUT2D eigenvalue weighted by molar-refractivity contribution is 0.679. The Morgan fingerprint density at radius 2 is 2.00 bits per heavy atom.